The van der Waals surface area contributed by atoms with Crippen LogP contribution in [0, 0.1) is 0 Å². The Labute approximate surface area is 169 Å². The first-order valence-electron chi connectivity index (χ1n) is 8.08. The zero-order chi connectivity index (χ0) is 20.3. The second-order valence-electron chi connectivity index (χ2n) is 5.80. The fourth-order valence-corrected chi connectivity index (χ4v) is 3.72. The highest BCUT2D eigenvalue weighted by Crippen LogP contribution is 2.33. The lowest BCUT2D eigenvalue weighted by Gasteiger charge is -2.17. The largest absolute Gasteiger partial charge is 0.497 e. The van der Waals surface area contributed by atoms with Gasteiger partial charge >= 0.3 is 6.18 Å². The summed E-state index contributed by atoms with van der Waals surface area (Å²) in [5, 5.41) is 2.82. The average Bonchev–Trinajstić information content (AvgIpc) is 2.93. The quantitative estimate of drug-likeness (QED) is 0.541. The van der Waals surface area contributed by atoms with E-state index in [4.69, 9.17) is 17.0 Å². The van der Waals surface area contributed by atoms with Gasteiger partial charge in [0.05, 0.1) is 24.2 Å². The highest BCUT2D eigenvalue weighted by Gasteiger charge is 2.32. The van der Waals surface area contributed by atoms with Crippen LogP contribution in [0.1, 0.15) is 11.1 Å². The topological polar surface area (TPSA) is 41.6 Å². The number of halogens is 3. The molecule has 1 N–H and O–H groups in total. The smallest absolute Gasteiger partial charge is 0.416 e. The molecule has 0 unspecified atom stereocenters. The Hall–Kier alpha value is -2.52. The highest BCUT2D eigenvalue weighted by molar-refractivity contribution is 8.26. The molecule has 0 bridgehead atoms. The molecule has 0 spiro atoms. The lowest BCUT2D eigenvalue weighted by molar-refractivity contribution is -0.137. The van der Waals surface area contributed by atoms with Gasteiger partial charge < -0.3 is 10.1 Å². The number of carbonyl (C=O) groups excluding carboxylic acids is 1. The van der Waals surface area contributed by atoms with Crippen LogP contribution in [0.4, 0.5) is 18.9 Å². The van der Waals surface area contributed by atoms with E-state index in [-0.39, 0.29) is 18.3 Å². The van der Waals surface area contributed by atoms with Crippen molar-refractivity contribution in [1.29, 1.82) is 0 Å². The maximum absolute atomic E-state index is 12.8. The van der Waals surface area contributed by atoms with E-state index in [1.165, 1.54) is 17.0 Å². The van der Waals surface area contributed by atoms with Crippen LogP contribution < -0.4 is 10.1 Å². The Morgan fingerprint density at radius 3 is 2.57 bits per heavy atom. The van der Waals surface area contributed by atoms with Crippen LogP contribution in [-0.2, 0) is 11.0 Å². The van der Waals surface area contributed by atoms with E-state index in [0.29, 0.717) is 15.0 Å². The van der Waals surface area contributed by atoms with Crippen molar-refractivity contribution in [3.63, 3.8) is 0 Å². The number of anilines is 1. The van der Waals surface area contributed by atoms with E-state index >= 15 is 0 Å². The van der Waals surface area contributed by atoms with Gasteiger partial charge in [-0.2, -0.15) is 13.2 Å². The van der Waals surface area contributed by atoms with Crippen molar-refractivity contribution in [2.24, 2.45) is 0 Å². The third-order valence-electron chi connectivity index (χ3n) is 3.92. The van der Waals surface area contributed by atoms with E-state index in [0.717, 1.165) is 29.5 Å². The molecule has 1 amide bonds. The zero-order valence-corrected chi connectivity index (χ0v) is 16.3. The summed E-state index contributed by atoms with van der Waals surface area (Å²) >= 11 is 6.38. The van der Waals surface area contributed by atoms with Crippen molar-refractivity contribution in [3.8, 4) is 5.75 Å². The van der Waals surface area contributed by atoms with Crippen LogP contribution in [-0.4, -0.2) is 28.9 Å². The second kappa shape index (κ2) is 8.24. The molecule has 2 aromatic carbocycles. The third-order valence-corrected chi connectivity index (χ3v) is 5.30. The molecule has 4 nitrogen and oxygen atoms in total. The predicted molar refractivity (Wildman–Crippen MR) is 108 cm³/mol. The van der Waals surface area contributed by atoms with Crippen molar-refractivity contribution < 1.29 is 22.7 Å². The summed E-state index contributed by atoms with van der Waals surface area (Å²) in [4.78, 5) is 14.4. The molecule has 28 heavy (non-hydrogen) atoms. The number of hydrogen-bond donors (Lipinski definition) is 1. The molecular formula is C19H15F3N2O2S2. The van der Waals surface area contributed by atoms with Crippen molar-refractivity contribution in [2.45, 2.75) is 6.18 Å². The molecule has 146 valence electrons. The summed E-state index contributed by atoms with van der Waals surface area (Å²) in [5.41, 5.74) is 0.303. The number of ether oxygens (including phenoxy) is 1. The monoisotopic (exact) mass is 424 g/mol. The van der Waals surface area contributed by atoms with Crippen molar-refractivity contribution in [2.75, 3.05) is 19.1 Å². The molecule has 0 aliphatic carbocycles. The molecule has 1 aliphatic rings. The number of benzene rings is 2. The average molecular weight is 424 g/mol. The third kappa shape index (κ3) is 4.66. The Morgan fingerprint density at radius 2 is 1.93 bits per heavy atom. The van der Waals surface area contributed by atoms with Crippen LogP contribution in [0.3, 0.4) is 0 Å². The minimum absolute atomic E-state index is 0.0219. The van der Waals surface area contributed by atoms with Gasteiger partial charge in [-0.15, -0.1) is 0 Å². The van der Waals surface area contributed by atoms with E-state index in [9.17, 15) is 18.0 Å². The number of methoxy groups -OCH3 is 1. The Balaban J connectivity index is 1.69. The molecule has 0 saturated carbocycles. The van der Waals surface area contributed by atoms with Crippen molar-refractivity contribution in [1.82, 2.24) is 4.90 Å². The predicted octanol–water partition coefficient (Wildman–Crippen LogP) is 4.98. The van der Waals surface area contributed by atoms with Gasteiger partial charge in [0.2, 0.25) is 0 Å². The standard InChI is InChI=1S/C19H15F3N2O2S2/c1-26-15-7-5-12(6-8-15)9-16-17(25)24(18(27)28-16)11-23-14-4-2-3-13(10-14)19(20,21)22/h2-10,23H,11H2,1H3. The number of thioether (sulfide) groups is 1. The van der Waals surface area contributed by atoms with Crippen LogP contribution in [0.5, 0.6) is 5.75 Å². The maximum Gasteiger partial charge on any atom is 0.416 e. The Morgan fingerprint density at radius 1 is 1.21 bits per heavy atom. The molecule has 0 aromatic heterocycles. The number of amides is 1. The van der Waals surface area contributed by atoms with Gasteiger partial charge in [0.25, 0.3) is 5.91 Å². The second-order valence-corrected chi connectivity index (χ2v) is 7.47. The summed E-state index contributed by atoms with van der Waals surface area (Å²) < 4.78 is 43.9. The number of rotatable bonds is 5. The summed E-state index contributed by atoms with van der Waals surface area (Å²) in [7, 11) is 1.57. The van der Waals surface area contributed by atoms with Crippen molar-refractivity contribution in [3.05, 3.63) is 64.6 Å². The maximum atomic E-state index is 12.8. The van der Waals surface area contributed by atoms with Gasteiger partial charge in [-0.3, -0.25) is 9.69 Å². The molecule has 2 aromatic rings. The Bertz CT molecular complexity index is 928. The van der Waals surface area contributed by atoms with Crippen LogP contribution in [0.15, 0.2) is 53.4 Å². The zero-order valence-electron chi connectivity index (χ0n) is 14.6. The first-order chi connectivity index (χ1) is 13.3. The first-order valence-corrected chi connectivity index (χ1v) is 9.31. The van der Waals surface area contributed by atoms with Crippen LogP contribution in [0.25, 0.3) is 6.08 Å². The van der Waals surface area contributed by atoms with Crippen LogP contribution >= 0.6 is 24.0 Å². The highest BCUT2D eigenvalue weighted by atomic mass is 32.2. The van der Waals surface area contributed by atoms with Gasteiger partial charge in [0.1, 0.15) is 10.1 Å². The minimum Gasteiger partial charge on any atom is -0.497 e. The summed E-state index contributed by atoms with van der Waals surface area (Å²) in [6, 6.07) is 12.0. The van der Waals surface area contributed by atoms with E-state index in [2.05, 4.69) is 5.32 Å². The van der Waals surface area contributed by atoms with Crippen LogP contribution in [0.2, 0.25) is 0 Å². The van der Waals surface area contributed by atoms with E-state index in [1.807, 2.05) is 12.1 Å². The van der Waals surface area contributed by atoms with E-state index < -0.39 is 11.7 Å². The number of nitrogens with zero attached hydrogens (tertiary/aromatic N) is 1. The lowest BCUT2D eigenvalue weighted by Crippen LogP contribution is -2.33. The summed E-state index contributed by atoms with van der Waals surface area (Å²) in [6.45, 7) is -0.0219. The van der Waals surface area contributed by atoms with Gasteiger partial charge in [0.15, 0.2) is 0 Å². The summed E-state index contributed by atoms with van der Waals surface area (Å²) in [5.74, 6) is 0.403. The number of alkyl halides is 3. The molecule has 1 fully saturated rings. The van der Waals surface area contributed by atoms with Gasteiger partial charge in [-0.1, -0.05) is 42.2 Å². The number of hydrogen-bond acceptors (Lipinski definition) is 5. The molecule has 9 heteroatoms. The molecular weight excluding hydrogens is 409 g/mol. The molecule has 3 rings (SSSR count). The number of carbonyl (C=O) groups is 1. The fraction of sp³-hybridized carbons (Fsp3) is 0.158. The Kier molecular flexibility index (Phi) is 5.95. The fourth-order valence-electron chi connectivity index (χ4n) is 2.46. The van der Waals surface area contributed by atoms with E-state index in [1.54, 1.807) is 25.3 Å². The van der Waals surface area contributed by atoms with Gasteiger partial charge in [-0.05, 0) is 42.0 Å². The molecule has 1 heterocycles. The molecule has 1 aliphatic heterocycles. The SMILES string of the molecule is COc1ccc(C=C2SC(=S)N(CNc3cccc(C(F)(F)F)c3)C2=O)cc1. The number of nitrogens with one attached hydrogen (secondary N) is 1. The normalized spacial score (nSPS) is 16.0. The molecule has 0 radical (unpaired) electrons. The summed E-state index contributed by atoms with van der Waals surface area (Å²) in [6.07, 6.45) is -2.72. The number of thiocarbonyl (C=S) groups is 1. The van der Waals surface area contributed by atoms with Gasteiger partial charge in [0, 0.05) is 5.69 Å². The van der Waals surface area contributed by atoms with Gasteiger partial charge in [-0.25, -0.2) is 0 Å². The minimum atomic E-state index is -4.43. The molecule has 1 saturated heterocycles. The van der Waals surface area contributed by atoms with Crippen molar-refractivity contribution >= 4 is 46.0 Å². The lowest BCUT2D eigenvalue weighted by atomic mass is 10.2. The first kappa shape index (κ1) is 20.2. The molecule has 0 atom stereocenters.